The Kier molecular flexibility index (Phi) is 6.20. The van der Waals surface area contributed by atoms with Crippen LogP contribution in [0.4, 0.5) is 8.78 Å². The SMILES string of the molecule is CCOCC1CC12Cn1cc(C(=O)NCc3ccc(F)cc3F)c(=O)c(O)c1C(=O)N2C(C)C. The second-order valence-corrected chi connectivity index (χ2v) is 9.05. The minimum atomic E-state index is -0.988. The first-order chi connectivity index (χ1) is 16.1. The topological polar surface area (TPSA) is 101 Å². The average Bonchev–Trinajstić information content (AvgIpc) is 3.44. The van der Waals surface area contributed by atoms with Crippen molar-refractivity contribution < 1.29 is 28.2 Å². The molecule has 4 rings (SSSR count). The lowest BCUT2D eigenvalue weighted by Gasteiger charge is -2.42. The van der Waals surface area contributed by atoms with Crippen LogP contribution >= 0.6 is 0 Å². The predicted molar refractivity (Wildman–Crippen MR) is 119 cm³/mol. The van der Waals surface area contributed by atoms with Crippen LogP contribution in [0.25, 0.3) is 0 Å². The molecule has 0 bridgehead atoms. The molecule has 2 aromatic rings. The molecule has 2 N–H and O–H groups in total. The maximum atomic E-state index is 13.9. The van der Waals surface area contributed by atoms with Gasteiger partial charge in [-0.1, -0.05) is 6.07 Å². The number of nitrogens with one attached hydrogen (secondary N) is 1. The summed E-state index contributed by atoms with van der Waals surface area (Å²) in [7, 11) is 0. The van der Waals surface area contributed by atoms with Gasteiger partial charge < -0.3 is 24.6 Å². The summed E-state index contributed by atoms with van der Waals surface area (Å²) in [4.78, 5) is 40.6. The number of rotatable bonds is 7. The number of nitrogens with zero attached hydrogens (tertiary/aromatic N) is 2. The maximum absolute atomic E-state index is 13.9. The van der Waals surface area contributed by atoms with Gasteiger partial charge in [-0.3, -0.25) is 14.4 Å². The van der Waals surface area contributed by atoms with Crippen LogP contribution in [-0.2, 0) is 17.8 Å². The summed E-state index contributed by atoms with van der Waals surface area (Å²) in [6.07, 6.45) is 1.97. The van der Waals surface area contributed by atoms with Gasteiger partial charge in [0, 0.05) is 49.5 Å². The zero-order valence-corrected chi connectivity index (χ0v) is 19.2. The Balaban J connectivity index is 1.65. The van der Waals surface area contributed by atoms with E-state index >= 15 is 0 Å². The second kappa shape index (κ2) is 8.83. The summed E-state index contributed by atoms with van der Waals surface area (Å²) < 4.78 is 34.0. The molecule has 10 heteroatoms. The van der Waals surface area contributed by atoms with E-state index in [1.54, 1.807) is 4.90 Å². The lowest BCUT2D eigenvalue weighted by molar-refractivity contribution is 0.0356. The van der Waals surface area contributed by atoms with Gasteiger partial charge in [0.2, 0.25) is 5.43 Å². The van der Waals surface area contributed by atoms with Gasteiger partial charge in [-0.15, -0.1) is 0 Å². The summed E-state index contributed by atoms with van der Waals surface area (Å²) in [6, 6.07) is 2.78. The van der Waals surface area contributed by atoms with Gasteiger partial charge in [-0.25, -0.2) is 8.78 Å². The number of ether oxygens (including phenoxy) is 1. The third-order valence-electron chi connectivity index (χ3n) is 6.54. The Morgan fingerprint density at radius 3 is 2.71 bits per heavy atom. The number of hydrogen-bond donors (Lipinski definition) is 2. The predicted octanol–water partition coefficient (Wildman–Crippen LogP) is 2.42. The highest BCUT2D eigenvalue weighted by atomic mass is 19.1. The van der Waals surface area contributed by atoms with Crippen molar-refractivity contribution >= 4 is 11.8 Å². The van der Waals surface area contributed by atoms with Gasteiger partial charge in [-0.05, 0) is 33.3 Å². The van der Waals surface area contributed by atoms with Crippen molar-refractivity contribution in [2.45, 2.75) is 51.9 Å². The summed E-state index contributed by atoms with van der Waals surface area (Å²) in [5, 5.41) is 13.0. The van der Waals surface area contributed by atoms with Gasteiger partial charge in [0.15, 0.2) is 11.4 Å². The molecule has 1 aliphatic carbocycles. The van der Waals surface area contributed by atoms with Crippen molar-refractivity contribution in [1.29, 1.82) is 0 Å². The lowest BCUT2D eigenvalue weighted by Crippen LogP contribution is -2.55. The van der Waals surface area contributed by atoms with Crippen molar-refractivity contribution in [3.8, 4) is 5.75 Å². The number of carbonyl (C=O) groups excluding carboxylic acids is 2. The van der Waals surface area contributed by atoms with E-state index in [0.29, 0.717) is 32.2 Å². The van der Waals surface area contributed by atoms with E-state index in [-0.39, 0.29) is 35.3 Å². The number of aromatic hydroxyl groups is 1. The van der Waals surface area contributed by atoms with E-state index in [4.69, 9.17) is 4.74 Å². The fourth-order valence-electron chi connectivity index (χ4n) is 4.86. The van der Waals surface area contributed by atoms with Crippen LogP contribution < -0.4 is 10.7 Å². The van der Waals surface area contributed by atoms with Crippen LogP contribution in [0.1, 0.15) is 53.6 Å². The van der Waals surface area contributed by atoms with E-state index in [0.717, 1.165) is 6.07 Å². The fraction of sp³-hybridized carbons (Fsp3) is 0.458. The smallest absolute Gasteiger partial charge is 0.275 e. The molecule has 2 atom stereocenters. The van der Waals surface area contributed by atoms with Gasteiger partial charge >= 0.3 is 0 Å². The van der Waals surface area contributed by atoms with Crippen LogP contribution in [0.3, 0.4) is 0 Å². The molecule has 2 heterocycles. The number of hydrogen-bond acceptors (Lipinski definition) is 5. The van der Waals surface area contributed by atoms with Crippen molar-refractivity contribution in [3.05, 3.63) is 63.1 Å². The minimum absolute atomic E-state index is 0.0375. The Bertz CT molecular complexity index is 1210. The molecule has 2 amide bonds. The van der Waals surface area contributed by atoms with E-state index in [1.165, 1.54) is 16.8 Å². The largest absolute Gasteiger partial charge is 0.503 e. The normalized spacial score (nSPS) is 21.2. The number of fused-ring (bicyclic) bond motifs is 1. The van der Waals surface area contributed by atoms with E-state index in [9.17, 15) is 28.3 Å². The van der Waals surface area contributed by atoms with Crippen molar-refractivity contribution in [2.75, 3.05) is 13.2 Å². The number of amides is 2. The Labute approximate surface area is 195 Å². The Morgan fingerprint density at radius 1 is 1.32 bits per heavy atom. The first-order valence-corrected chi connectivity index (χ1v) is 11.2. The zero-order chi connectivity index (χ0) is 24.8. The summed E-state index contributed by atoms with van der Waals surface area (Å²) in [5.41, 5.74) is -2.01. The third kappa shape index (κ3) is 3.96. The minimum Gasteiger partial charge on any atom is -0.503 e. The van der Waals surface area contributed by atoms with Crippen LogP contribution in [0.2, 0.25) is 0 Å². The molecule has 1 aromatic heterocycles. The summed E-state index contributed by atoms with van der Waals surface area (Å²) in [5.74, 6) is -3.60. The number of aromatic nitrogens is 1. The molecule has 1 aliphatic heterocycles. The van der Waals surface area contributed by atoms with E-state index in [1.807, 2.05) is 20.8 Å². The van der Waals surface area contributed by atoms with Crippen molar-refractivity contribution in [1.82, 2.24) is 14.8 Å². The van der Waals surface area contributed by atoms with Gasteiger partial charge in [0.05, 0.1) is 12.1 Å². The molecule has 2 unspecified atom stereocenters. The molecular formula is C24H27F2N3O5. The molecule has 34 heavy (non-hydrogen) atoms. The number of benzene rings is 1. The highest BCUT2D eigenvalue weighted by Gasteiger charge is 2.63. The Morgan fingerprint density at radius 2 is 2.06 bits per heavy atom. The standard InChI is InChI=1S/C24H27F2N3O5/c1-4-34-11-15-8-24(15)12-28-10-17(20(30)21(31)19(28)23(33)29(24)13(2)3)22(32)27-9-14-5-6-16(25)7-18(14)26/h5-7,10,13,15,31H,4,8-9,11-12H2,1-3H3,(H,27,32). The van der Waals surface area contributed by atoms with Crippen molar-refractivity contribution in [2.24, 2.45) is 5.92 Å². The molecule has 1 fully saturated rings. The first-order valence-electron chi connectivity index (χ1n) is 11.2. The van der Waals surface area contributed by atoms with Crippen molar-refractivity contribution in [3.63, 3.8) is 0 Å². The van der Waals surface area contributed by atoms with Crippen LogP contribution in [0.5, 0.6) is 5.75 Å². The fourth-order valence-corrected chi connectivity index (χ4v) is 4.86. The average molecular weight is 475 g/mol. The lowest BCUT2D eigenvalue weighted by atomic mass is 10.0. The zero-order valence-electron chi connectivity index (χ0n) is 19.2. The highest BCUT2D eigenvalue weighted by Crippen LogP contribution is 2.53. The maximum Gasteiger partial charge on any atom is 0.275 e. The van der Waals surface area contributed by atoms with Gasteiger partial charge in [-0.2, -0.15) is 0 Å². The number of carbonyl (C=O) groups is 2. The molecule has 182 valence electrons. The monoisotopic (exact) mass is 475 g/mol. The summed E-state index contributed by atoms with van der Waals surface area (Å²) in [6.45, 7) is 6.67. The molecule has 1 aromatic carbocycles. The Hall–Kier alpha value is -3.27. The van der Waals surface area contributed by atoms with E-state index < -0.39 is 40.2 Å². The molecule has 2 aliphatic rings. The van der Waals surface area contributed by atoms with Crippen LogP contribution in [-0.4, -0.2) is 51.2 Å². The third-order valence-corrected chi connectivity index (χ3v) is 6.54. The highest BCUT2D eigenvalue weighted by molar-refractivity contribution is 5.99. The molecule has 0 radical (unpaired) electrons. The molecular weight excluding hydrogens is 448 g/mol. The summed E-state index contributed by atoms with van der Waals surface area (Å²) >= 11 is 0. The van der Waals surface area contributed by atoms with Crippen LogP contribution in [0, 0.1) is 17.6 Å². The molecule has 1 saturated carbocycles. The molecule has 1 spiro atoms. The first kappa shape index (κ1) is 23.9. The second-order valence-electron chi connectivity index (χ2n) is 9.05. The van der Waals surface area contributed by atoms with Gasteiger partial charge in [0.25, 0.3) is 11.8 Å². The number of pyridine rings is 1. The number of halogens is 2. The van der Waals surface area contributed by atoms with Gasteiger partial charge in [0.1, 0.15) is 17.2 Å². The quantitative estimate of drug-likeness (QED) is 0.641. The molecule has 0 saturated heterocycles. The van der Waals surface area contributed by atoms with E-state index in [2.05, 4.69) is 5.32 Å². The van der Waals surface area contributed by atoms with Crippen LogP contribution in [0.15, 0.2) is 29.2 Å². The molecule has 8 nitrogen and oxygen atoms in total.